The highest BCUT2D eigenvalue weighted by Gasteiger charge is 2.18. The van der Waals surface area contributed by atoms with Gasteiger partial charge in [0.25, 0.3) is 0 Å². The summed E-state index contributed by atoms with van der Waals surface area (Å²) in [4.78, 5) is 0. The van der Waals surface area contributed by atoms with Gasteiger partial charge >= 0.3 is 0 Å². The third-order valence-electron chi connectivity index (χ3n) is 2.47. The Morgan fingerprint density at radius 1 is 1.09 bits per heavy atom. The van der Waals surface area contributed by atoms with Gasteiger partial charge < -0.3 is 6.15 Å². The van der Waals surface area contributed by atoms with Gasteiger partial charge in [-0.2, -0.15) is 0 Å². The van der Waals surface area contributed by atoms with Crippen LogP contribution in [0.5, 0.6) is 0 Å². The minimum Gasteiger partial charge on any atom is -0.344 e. The summed E-state index contributed by atoms with van der Waals surface area (Å²) in [7, 11) is 0. The molecule has 0 aliphatic heterocycles. The molecule has 0 aliphatic carbocycles. The van der Waals surface area contributed by atoms with Gasteiger partial charge in [0.1, 0.15) is 0 Å². The van der Waals surface area contributed by atoms with Crippen molar-refractivity contribution in [1.29, 1.82) is 0 Å². The van der Waals surface area contributed by atoms with E-state index in [4.69, 9.17) is 0 Å². The fraction of sp³-hybridized carbons (Fsp3) is 1.00. The van der Waals surface area contributed by atoms with Crippen LogP contribution in [0.1, 0.15) is 41.0 Å². The van der Waals surface area contributed by atoms with E-state index in [1.54, 1.807) is 0 Å². The molecule has 0 saturated heterocycles. The topological polar surface area (TPSA) is 35.0 Å². The maximum absolute atomic E-state index is 2.32. The lowest BCUT2D eigenvalue weighted by atomic mass is 9.79. The summed E-state index contributed by atoms with van der Waals surface area (Å²) in [5.41, 5.74) is 0.542. The van der Waals surface area contributed by atoms with Crippen molar-refractivity contribution in [1.82, 2.24) is 6.15 Å². The fourth-order valence-electron chi connectivity index (χ4n) is 0.408. The second-order valence-electron chi connectivity index (χ2n) is 3.50. The first-order chi connectivity index (χ1) is 3.50. The fourth-order valence-corrected chi connectivity index (χ4v) is 0.408. The number of rotatable bonds is 2. The first-order valence-electron chi connectivity index (χ1n) is 3.50. The molecule has 0 aliphatic rings. The normalized spacial score (nSPS) is 9.27. The zero-order valence-electron chi connectivity index (χ0n) is 8.31. The lowest BCUT2D eigenvalue weighted by Crippen LogP contribution is -2.17. The van der Waals surface area contributed by atoms with Crippen LogP contribution in [0.2, 0.25) is 0 Å². The Bertz CT molecular complexity index is 72.5. The molecule has 0 saturated carbocycles. The lowest BCUT2D eigenvalue weighted by molar-refractivity contribution is 0.240. The molecule has 0 amide bonds. The molecule has 3 heteroatoms. The van der Waals surface area contributed by atoms with Gasteiger partial charge in [0, 0.05) is 0 Å². The van der Waals surface area contributed by atoms with E-state index in [2.05, 4.69) is 34.6 Å². The molecule has 0 rings (SSSR count). The van der Waals surface area contributed by atoms with Crippen molar-refractivity contribution in [3.63, 3.8) is 0 Å². The van der Waals surface area contributed by atoms with Crippen LogP contribution in [0.15, 0.2) is 0 Å². The minimum absolute atomic E-state index is 0. The van der Waals surface area contributed by atoms with Crippen LogP contribution in [0, 0.1) is 11.3 Å². The zero-order valence-corrected chi connectivity index (χ0v) is 9.94. The summed E-state index contributed by atoms with van der Waals surface area (Å²) < 4.78 is 0. The molecule has 0 atom stereocenters. The molecule has 0 aromatic carbocycles. The van der Waals surface area contributed by atoms with E-state index in [1.165, 1.54) is 6.42 Å². The van der Waals surface area contributed by atoms with Gasteiger partial charge in [0.05, 0.1) is 0 Å². The number of halogens is 2. The van der Waals surface area contributed by atoms with Crippen LogP contribution in [-0.2, 0) is 0 Å². The Balaban J connectivity index is -0.0000000817. The molecule has 0 bridgehead atoms. The molecule has 0 heterocycles. The summed E-state index contributed by atoms with van der Waals surface area (Å²) in [5.74, 6) is 0.812. The molecule has 1 nitrogen and oxygen atoms in total. The maximum Gasteiger partial charge on any atom is -0.0334 e. The monoisotopic (exact) mass is 203 g/mol. The Morgan fingerprint density at radius 2 is 1.36 bits per heavy atom. The standard InChI is InChI=1S/C8H18.2ClH.H3N/c1-6-8(4,5)7(2)3;;;/h7H,6H2,1-5H3;2*1H;1H3. The predicted octanol–water partition coefficient (Wildman–Crippen LogP) is 4.08. The molecule has 3 N–H and O–H groups in total. The number of hydrogen-bond donors (Lipinski definition) is 1. The molecule has 0 spiro atoms. The third kappa shape index (κ3) is 8.45. The van der Waals surface area contributed by atoms with Gasteiger partial charge in [-0.3, -0.25) is 0 Å². The first-order valence-corrected chi connectivity index (χ1v) is 3.50. The Hall–Kier alpha value is 0.540. The van der Waals surface area contributed by atoms with Crippen LogP contribution in [0.4, 0.5) is 0 Å². The molecule has 0 aromatic heterocycles. The Morgan fingerprint density at radius 3 is 1.36 bits per heavy atom. The summed E-state index contributed by atoms with van der Waals surface area (Å²) in [6.07, 6.45) is 1.28. The molecule has 0 aromatic rings. The largest absolute Gasteiger partial charge is 0.344 e. The molecular formula is C8H23Cl2N. The molecular weight excluding hydrogens is 181 g/mol. The summed E-state index contributed by atoms with van der Waals surface area (Å²) in [6, 6.07) is 0. The van der Waals surface area contributed by atoms with E-state index < -0.39 is 0 Å². The molecule has 0 fully saturated rings. The smallest absolute Gasteiger partial charge is 0.0334 e. The quantitative estimate of drug-likeness (QED) is 0.722. The van der Waals surface area contributed by atoms with Gasteiger partial charge in [-0.05, 0) is 11.3 Å². The second-order valence-corrected chi connectivity index (χ2v) is 3.50. The van der Waals surface area contributed by atoms with Gasteiger partial charge in [-0.1, -0.05) is 41.0 Å². The van der Waals surface area contributed by atoms with E-state index in [-0.39, 0.29) is 31.0 Å². The van der Waals surface area contributed by atoms with Crippen molar-refractivity contribution in [3.8, 4) is 0 Å². The predicted molar refractivity (Wildman–Crippen MR) is 58.4 cm³/mol. The van der Waals surface area contributed by atoms with Crippen molar-refractivity contribution in [2.24, 2.45) is 11.3 Å². The Kier molecular flexibility index (Phi) is 17.7. The van der Waals surface area contributed by atoms with E-state index in [0.717, 1.165) is 5.92 Å². The molecule has 11 heavy (non-hydrogen) atoms. The summed E-state index contributed by atoms with van der Waals surface area (Å²) in [6.45, 7) is 11.4. The summed E-state index contributed by atoms with van der Waals surface area (Å²) >= 11 is 0. The van der Waals surface area contributed by atoms with Gasteiger partial charge in [-0.15, -0.1) is 24.8 Å². The van der Waals surface area contributed by atoms with Crippen LogP contribution in [-0.4, -0.2) is 0 Å². The van der Waals surface area contributed by atoms with Gasteiger partial charge in [-0.25, -0.2) is 0 Å². The van der Waals surface area contributed by atoms with E-state index in [0.29, 0.717) is 5.41 Å². The Labute approximate surface area is 83.7 Å². The average Bonchev–Trinajstić information content (AvgIpc) is 1.67. The van der Waals surface area contributed by atoms with Crippen molar-refractivity contribution in [2.45, 2.75) is 41.0 Å². The minimum atomic E-state index is 0. The third-order valence-corrected chi connectivity index (χ3v) is 2.47. The van der Waals surface area contributed by atoms with Crippen LogP contribution < -0.4 is 6.15 Å². The van der Waals surface area contributed by atoms with Gasteiger partial charge in [0.2, 0.25) is 0 Å². The van der Waals surface area contributed by atoms with E-state index in [1.807, 2.05) is 0 Å². The van der Waals surface area contributed by atoms with E-state index >= 15 is 0 Å². The lowest BCUT2D eigenvalue weighted by Gasteiger charge is -2.27. The second kappa shape index (κ2) is 8.63. The van der Waals surface area contributed by atoms with Crippen LogP contribution in [0.3, 0.4) is 0 Å². The van der Waals surface area contributed by atoms with Crippen molar-refractivity contribution in [2.75, 3.05) is 0 Å². The van der Waals surface area contributed by atoms with Crippen LogP contribution >= 0.6 is 24.8 Å². The molecule has 0 radical (unpaired) electrons. The highest BCUT2D eigenvalue weighted by atomic mass is 35.5. The van der Waals surface area contributed by atoms with E-state index in [9.17, 15) is 0 Å². The van der Waals surface area contributed by atoms with Gasteiger partial charge in [0.15, 0.2) is 0 Å². The van der Waals surface area contributed by atoms with Crippen LogP contribution in [0.25, 0.3) is 0 Å². The number of hydrogen-bond acceptors (Lipinski definition) is 1. The average molecular weight is 204 g/mol. The van der Waals surface area contributed by atoms with Crippen molar-refractivity contribution >= 4 is 24.8 Å². The van der Waals surface area contributed by atoms with Crippen molar-refractivity contribution < 1.29 is 0 Å². The molecule has 74 valence electrons. The summed E-state index contributed by atoms with van der Waals surface area (Å²) in [5, 5.41) is 0. The highest BCUT2D eigenvalue weighted by Crippen LogP contribution is 2.28. The maximum atomic E-state index is 2.32. The highest BCUT2D eigenvalue weighted by molar-refractivity contribution is 5.85. The first kappa shape index (κ1) is 22.5. The van der Waals surface area contributed by atoms with Crippen molar-refractivity contribution in [3.05, 3.63) is 0 Å². The SMILES string of the molecule is CCC(C)(C)C(C)C.Cl.Cl.N. The molecule has 0 unspecified atom stereocenters. The zero-order chi connectivity index (χ0) is 6.78.